The number of hydrogen-bond donors (Lipinski definition) is 2. The Kier molecular flexibility index (Phi) is 6.97. The molecule has 0 aliphatic rings. The van der Waals surface area contributed by atoms with Gasteiger partial charge in [0.25, 0.3) is 0 Å². The van der Waals surface area contributed by atoms with Crippen LogP contribution in [0, 0.1) is 6.92 Å². The molecule has 0 heterocycles. The van der Waals surface area contributed by atoms with E-state index in [9.17, 15) is 4.79 Å². The predicted molar refractivity (Wildman–Crippen MR) is 108 cm³/mol. The zero-order valence-electron chi connectivity index (χ0n) is 15.5. The van der Waals surface area contributed by atoms with Crippen molar-refractivity contribution in [2.75, 3.05) is 12.4 Å². The van der Waals surface area contributed by atoms with Gasteiger partial charge in [0.1, 0.15) is 5.75 Å². The van der Waals surface area contributed by atoms with Gasteiger partial charge < -0.3 is 20.1 Å². The lowest BCUT2D eigenvalue weighted by Crippen LogP contribution is -2.28. The second-order valence-corrected chi connectivity index (χ2v) is 6.50. The Hall–Kier alpha value is -2.60. The Morgan fingerprint density at radius 2 is 1.92 bits per heavy atom. The molecule has 2 aromatic rings. The van der Waals surface area contributed by atoms with Gasteiger partial charge >= 0.3 is 5.97 Å². The van der Waals surface area contributed by atoms with Gasteiger partial charge in [-0.15, -0.1) is 0 Å². The van der Waals surface area contributed by atoms with Gasteiger partial charge in [-0.25, -0.2) is 4.79 Å². The molecule has 6 heteroatoms. The number of thiocarbonyl (C=S) groups is 1. The van der Waals surface area contributed by atoms with Crippen LogP contribution in [0.4, 0.5) is 5.69 Å². The highest BCUT2D eigenvalue weighted by molar-refractivity contribution is 7.80. The molecule has 2 aromatic carbocycles. The van der Waals surface area contributed by atoms with Crippen LogP contribution in [0.1, 0.15) is 35.3 Å². The number of benzene rings is 2. The number of methoxy groups -OCH3 is 1. The molecule has 0 saturated carbocycles. The zero-order valence-corrected chi connectivity index (χ0v) is 16.3. The largest absolute Gasteiger partial charge is 0.491 e. The number of esters is 1. The summed E-state index contributed by atoms with van der Waals surface area (Å²) in [6, 6.07) is 13.3. The molecule has 0 spiro atoms. The fraction of sp³-hybridized carbons (Fsp3) is 0.300. The van der Waals surface area contributed by atoms with E-state index in [-0.39, 0.29) is 12.1 Å². The number of hydrogen-bond acceptors (Lipinski definition) is 4. The molecule has 0 radical (unpaired) electrons. The number of anilines is 1. The summed E-state index contributed by atoms with van der Waals surface area (Å²) in [4.78, 5) is 11.8. The molecule has 0 aromatic heterocycles. The fourth-order valence-electron chi connectivity index (χ4n) is 2.45. The van der Waals surface area contributed by atoms with E-state index in [4.69, 9.17) is 21.7 Å². The highest BCUT2D eigenvalue weighted by Crippen LogP contribution is 2.20. The molecule has 138 valence electrons. The van der Waals surface area contributed by atoms with Gasteiger partial charge in [0.2, 0.25) is 0 Å². The highest BCUT2D eigenvalue weighted by Gasteiger charge is 2.12. The number of carbonyl (C=O) groups is 1. The van der Waals surface area contributed by atoms with Crippen LogP contribution in [-0.4, -0.2) is 24.3 Å². The van der Waals surface area contributed by atoms with Crippen LogP contribution in [0.15, 0.2) is 42.5 Å². The monoisotopic (exact) mass is 372 g/mol. The molecule has 2 N–H and O–H groups in total. The fourth-order valence-corrected chi connectivity index (χ4v) is 2.63. The Morgan fingerprint density at radius 3 is 2.62 bits per heavy atom. The lowest BCUT2D eigenvalue weighted by molar-refractivity contribution is 0.0600. The molecule has 0 unspecified atom stereocenters. The number of nitrogens with one attached hydrogen (secondary N) is 2. The van der Waals surface area contributed by atoms with E-state index in [2.05, 4.69) is 10.6 Å². The first-order valence-electron chi connectivity index (χ1n) is 8.39. The third kappa shape index (κ3) is 5.46. The second-order valence-electron chi connectivity index (χ2n) is 6.09. The molecule has 0 atom stereocenters. The van der Waals surface area contributed by atoms with Gasteiger partial charge in [-0.05, 0) is 68.4 Å². The summed E-state index contributed by atoms with van der Waals surface area (Å²) in [5.74, 6) is 0.465. The van der Waals surface area contributed by atoms with Gasteiger partial charge in [0, 0.05) is 12.2 Å². The molecule has 0 saturated heterocycles. The quantitative estimate of drug-likeness (QED) is 0.589. The van der Waals surface area contributed by atoms with E-state index >= 15 is 0 Å². The predicted octanol–water partition coefficient (Wildman–Crippen LogP) is 4.06. The third-order valence-electron chi connectivity index (χ3n) is 3.71. The molecule has 26 heavy (non-hydrogen) atoms. The van der Waals surface area contributed by atoms with Gasteiger partial charge in [-0.2, -0.15) is 0 Å². The number of ether oxygens (including phenoxy) is 2. The van der Waals surface area contributed by atoms with Crippen LogP contribution >= 0.6 is 12.2 Å². The maximum atomic E-state index is 11.8. The Morgan fingerprint density at radius 1 is 1.19 bits per heavy atom. The van der Waals surface area contributed by atoms with Crippen molar-refractivity contribution in [2.24, 2.45) is 0 Å². The van der Waals surface area contributed by atoms with E-state index in [1.807, 2.05) is 51.1 Å². The Balaban J connectivity index is 1.98. The van der Waals surface area contributed by atoms with Crippen molar-refractivity contribution in [1.82, 2.24) is 5.32 Å². The van der Waals surface area contributed by atoms with E-state index in [1.165, 1.54) is 7.11 Å². The van der Waals surface area contributed by atoms with Crippen molar-refractivity contribution in [1.29, 1.82) is 0 Å². The number of rotatable bonds is 6. The molecular weight excluding hydrogens is 348 g/mol. The minimum absolute atomic E-state index is 0.131. The minimum Gasteiger partial charge on any atom is -0.491 e. The van der Waals surface area contributed by atoms with Gasteiger partial charge in [-0.3, -0.25) is 0 Å². The van der Waals surface area contributed by atoms with Crippen LogP contribution in [0.3, 0.4) is 0 Å². The summed E-state index contributed by atoms with van der Waals surface area (Å²) in [6.45, 7) is 6.41. The van der Waals surface area contributed by atoms with Crippen molar-refractivity contribution in [3.05, 3.63) is 59.2 Å². The van der Waals surface area contributed by atoms with E-state index in [0.29, 0.717) is 17.2 Å². The number of carbonyl (C=O) groups excluding carboxylic acids is 1. The van der Waals surface area contributed by atoms with E-state index < -0.39 is 0 Å². The van der Waals surface area contributed by atoms with Crippen molar-refractivity contribution in [3.8, 4) is 5.75 Å². The highest BCUT2D eigenvalue weighted by atomic mass is 32.1. The van der Waals surface area contributed by atoms with Crippen LogP contribution < -0.4 is 15.4 Å². The standard InChI is InChI=1S/C20H24N2O3S/c1-13(2)25-16-8-5-7-15(11-16)12-21-20(26)22-18-10-6-9-17(14(18)3)19(23)24-4/h5-11,13H,12H2,1-4H3,(H2,21,22,26). The molecule has 0 aliphatic heterocycles. The molecule has 5 nitrogen and oxygen atoms in total. The molecular formula is C20H24N2O3S. The smallest absolute Gasteiger partial charge is 0.338 e. The van der Waals surface area contributed by atoms with Crippen LogP contribution in [-0.2, 0) is 11.3 Å². The summed E-state index contributed by atoms with van der Waals surface area (Å²) in [6.07, 6.45) is 0.131. The second kappa shape index (κ2) is 9.20. The molecule has 0 aliphatic carbocycles. The van der Waals surface area contributed by atoms with Crippen LogP contribution in [0.2, 0.25) is 0 Å². The summed E-state index contributed by atoms with van der Waals surface area (Å²) >= 11 is 5.37. The SMILES string of the molecule is COC(=O)c1cccc(NC(=S)NCc2cccc(OC(C)C)c2)c1C. The van der Waals surface area contributed by atoms with Crippen molar-refractivity contribution >= 4 is 29.0 Å². The lowest BCUT2D eigenvalue weighted by atomic mass is 10.1. The van der Waals surface area contributed by atoms with Crippen LogP contribution in [0.5, 0.6) is 5.75 Å². The van der Waals surface area contributed by atoms with Crippen LogP contribution in [0.25, 0.3) is 0 Å². The van der Waals surface area contributed by atoms with Gasteiger partial charge in [0.05, 0.1) is 18.8 Å². The first-order chi connectivity index (χ1) is 12.4. The van der Waals surface area contributed by atoms with Gasteiger partial charge in [-0.1, -0.05) is 18.2 Å². The summed E-state index contributed by atoms with van der Waals surface area (Å²) in [5.41, 5.74) is 3.13. The minimum atomic E-state index is -0.369. The Bertz CT molecular complexity index is 790. The van der Waals surface area contributed by atoms with Crippen molar-refractivity contribution < 1.29 is 14.3 Å². The van der Waals surface area contributed by atoms with E-state index in [0.717, 1.165) is 22.6 Å². The van der Waals surface area contributed by atoms with E-state index in [1.54, 1.807) is 12.1 Å². The molecule has 0 amide bonds. The van der Waals surface area contributed by atoms with Gasteiger partial charge in [0.15, 0.2) is 5.11 Å². The Labute approximate surface area is 159 Å². The third-order valence-corrected chi connectivity index (χ3v) is 3.96. The molecule has 0 bridgehead atoms. The molecule has 0 fully saturated rings. The average Bonchev–Trinajstić information content (AvgIpc) is 2.61. The van der Waals surface area contributed by atoms with Crippen molar-refractivity contribution in [3.63, 3.8) is 0 Å². The maximum Gasteiger partial charge on any atom is 0.338 e. The summed E-state index contributed by atoms with van der Waals surface area (Å²) in [5, 5.41) is 6.77. The first kappa shape index (κ1) is 19.7. The summed E-state index contributed by atoms with van der Waals surface area (Å²) < 4.78 is 10.5. The zero-order chi connectivity index (χ0) is 19.1. The average molecular weight is 372 g/mol. The van der Waals surface area contributed by atoms with Crippen molar-refractivity contribution in [2.45, 2.75) is 33.4 Å². The lowest BCUT2D eigenvalue weighted by Gasteiger charge is -2.15. The normalized spacial score (nSPS) is 10.3. The topological polar surface area (TPSA) is 59.6 Å². The first-order valence-corrected chi connectivity index (χ1v) is 8.80. The maximum absolute atomic E-state index is 11.8. The molecule has 2 rings (SSSR count). The summed E-state index contributed by atoms with van der Waals surface area (Å²) in [7, 11) is 1.37.